The lowest BCUT2D eigenvalue weighted by molar-refractivity contribution is -0.138. The quantitative estimate of drug-likeness (QED) is 0.685. The Morgan fingerprint density at radius 2 is 1.92 bits per heavy atom. The molecule has 2 atom stereocenters. The van der Waals surface area contributed by atoms with E-state index in [1.54, 1.807) is 18.2 Å². The molecule has 0 spiro atoms. The van der Waals surface area contributed by atoms with Crippen molar-refractivity contribution in [1.29, 1.82) is 0 Å². The molecule has 26 heavy (non-hydrogen) atoms. The molecule has 2 aromatic rings. The molecule has 7 heteroatoms. The molecule has 0 aliphatic carbocycles. The molecule has 0 radical (unpaired) electrons. The van der Waals surface area contributed by atoms with Crippen molar-refractivity contribution in [3.8, 4) is 0 Å². The van der Waals surface area contributed by atoms with Gasteiger partial charge < -0.3 is 15.7 Å². The number of hydrogen-bond acceptors (Lipinski definition) is 3. The zero-order valence-corrected chi connectivity index (χ0v) is 15.1. The number of carboxylic acids is 1. The maximum absolute atomic E-state index is 12.3. The van der Waals surface area contributed by atoms with Gasteiger partial charge >= 0.3 is 5.97 Å². The van der Waals surface area contributed by atoms with Gasteiger partial charge in [-0.15, -0.1) is 0 Å². The highest BCUT2D eigenvalue weighted by molar-refractivity contribution is 6.35. The van der Waals surface area contributed by atoms with Gasteiger partial charge in [0.2, 0.25) is 5.91 Å². The number of rotatable bonds is 4. The Hall–Kier alpha value is -2.50. The number of halogens is 2. The lowest BCUT2D eigenvalue weighted by atomic mass is 9.92. The smallest absolute Gasteiger partial charge is 0.326 e. The Balaban J connectivity index is 1.83. The van der Waals surface area contributed by atoms with Gasteiger partial charge in [0.05, 0.1) is 6.04 Å². The van der Waals surface area contributed by atoms with Crippen LogP contribution >= 0.6 is 23.2 Å². The van der Waals surface area contributed by atoms with Crippen molar-refractivity contribution in [1.82, 2.24) is 5.32 Å². The van der Waals surface area contributed by atoms with Gasteiger partial charge in [-0.3, -0.25) is 4.79 Å². The van der Waals surface area contributed by atoms with Crippen LogP contribution in [0.4, 0.5) is 5.69 Å². The summed E-state index contributed by atoms with van der Waals surface area (Å²) in [5, 5.41) is 15.9. The van der Waals surface area contributed by atoms with Crippen LogP contribution < -0.4 is 10.6 Å². The largest absolute Gasteiger partial charge is 0.480 e. The molecule has 134 valence electrons. The minimum Gasteiger partial charge on any atom is -0.480 e. The maximum Gasteiger partial charge on any atom is 0.326 e. The first-order valence-corrected chi connectivity index (χ1v) is 8.71. The van der Waals surface area contributed by atoms with Crippen LogP contribution in [0.2, 0.25) is 10.0 Å². The number of aliphatic carboxylic acids is 1. The molecular weight excluding hydrogens is 375 g/mol. The zero-order valence-electron chi connectivity index (χ0n) is 13.6. The summed E-state index contributed by atoms with van der Waals surface area (Å²) in [6.45, 7) is 0. The monoisotopic (exact) mass is 390 g/mol. The van der Waals surface area contributed by atoms with Crippen LogP contribution in [0.3, 0.4) is 0 Å². The zero-order chi connectivity index (χ0) is 18.7. The highest BCUT2D eigenvalue weighted by Crippen LogP contribution is 2.39. The van der Waals surface area contributed by atoms with Gasteiger partial charge in [-0.25, -0.2) is 4.79 Å². The summed E-state index contributed by atoms with van der Waals surface area (Å²) in [6.07, 6.45) is 3.28. The van der Waals surface area contributed by atoms with Crippen molar-refractivity contribution < 1.29 is 14.7 Å². The van der Waals surface area contributed by atoms with Crippen molar-refractivity contribution in [2.75, 3.05) is 5.32 Å². The average Bonchev–Trinajstić information content (AvgIpc) is 2.60. The van der Waals surface area contributed by atoms with Crippen LogP contribution in [0, 0.1) is 0 Å². The van der Waals surface area contributed by atoms with Crippen molar-refractivity contribution in [3.05, 3.63) is 69.7 Å². The topological polar surface area (TPSA) is 78.4 Å². The lowest BCUT2D eigenvalue weighted by Gasteiger charge is -2.32. The Kier molecular flexibility index (Phi) is 5.49. The molecular formula is C19H16Cl2N2O3. The molecule has 0 fully saturated rings. The van der Waals surface area contributed by atoms with E-state index in [1.165, 1.54) is 6.08 Å². The van der Waals surface area contributed by atoms with Crippen LogP contribution in [0.5, 0.6) is 0 Å². The summed E-state index contributed by atoms with van der Waals surface area (Å²) in [5.74, 6) is -1.34. The number of fused-ring (bicyclic) bond motifs is 1. The van der Waals surface area contributed by atoms with Gasteiger partial charge in [0.15, 0.2) is 0 Å². The van der Waals surface area contributed by atoms with E-state index >= 15 is 0 Å². The van der Waals surface area contributed by atoms with E-state index in [2.05, 4.69) is 10.6 Å². The molecule has 0 saturated heterocycles. The number of carbonyl (C=O) groups excluding carboxylic acids is 1. The first kappa shape index (κ1) is 18.3. The average molecular weight is 391 g/mol. The number of carbonyl (C=O) groups is 2. The molecule has 3 rings (SSSR count). The van der Waals surface area contributed by atoms with Crippen LogP contribution in [0.15, 0.2) is 48.5 Å². The fourth-order valence-electron chi connectivity index (χ4n) is 2.91. The highest BCUT2D eigenvalue weighted by Gasteiger charge is 2.33. The Morgan fingerprint density at radius 1 is 1.19 bits per heavy atom. The van der Waals surface area contributed by atoms with Crippen molar-refractivity contribution in [2.24, 2.45) is 0 Å². The summed E-state index contributed by atoms with van der Waals surface area (Å²) in [5.41, 5.74) is 2.04. The second-order valence-electron chi connectivity index (χ2n) is 5.92. The van der Waals surface area contributed by atoms with Crippen LogP contribution in [0.1, 0.15) is 23.6 Å². The van der Waals surface area contributed by atoms with Crippen LogP contribution in [-0.2, 0) is 9.59 Å². The molecule has 0 unspecified atom stereocenters. The SMILES string of the molecule is O=C(C=Cc1ccccc1)N[C@@H]1C[C@@H](C(=O)O)Nc2cc(Cl)cc(Cl)c21. The van der Waals surface area contributed by atoms with Gasteiger partial charge in [-0.2, -0.15) is 0 Å². The minimum absolute atomic E-state index is 0.175. The lowest BCUT2D eigenvalue weighted by Crippen LogP contribution is -2.40. The number of amides is 1. The molecule has 5 nitrogen and oxygen atoms in total. The maximum atomic E-state index is 12.3. The number of carboxylic acid groups (broad SMARTS) is 1. The van der Waals surface area contributed by atoms with Crippen LogP contribution in [-0.4, -0.2) is 23.0 Å². The number of anilines is 1. The third-order valence-corrected chi connectivity index (χ3v) is 4.62. The molecule has 2 aromatic carbocycles. The van der Waals surface area contributed by atoms with E-state index in [4.69, 9.17) is 23.2 Å². The van der Waals surface area contributed by atoms with Crippen molar-refractivity contribution in [3.63, 3.8) is 0 Å². The molecule has 1 aliphatic heterocycles. The van der Waals surface area contributed by atoms with E-state index in [0.717, 1.165) is 5.56 Å². The fraction of sp³-hybridized carbons (Fsp3) is 0.158. The number of hydrogen-bond donors (Lipinski definition) is 3. The van der Waals surface area contributed by atoms with Gasteiger partial charge in [0.25, 0.3) is 0 Å². The fourth-order valence-corrected chi connectivity index (χ4v) is 3.53. The van der Waals surface area contributed by atoms with Gasteiger partial charge in [0.1, 0.15) is 6.04 Å². The van der Waals surface area contributed by atoms with E-state index in [1.807, 2.05) is 30.3 Å². The van der Waals surface area contributed by atoms with Gasteiger partial charge in [-0.1, -0.05) is 53.5 Å². The molecule has 0 bridgehead atoms. The molecule has 3 N–H and O–H groups in total. The Morgan fingerprint density at radius 3 is 2.62 bits per heavy atom. The number of nitrogens with one attached hydrogen (secondary N) is 2. The second kappa shape index (κ2) is 7.81. The van der Waals surface area contributed by atoms with Gasteiger partial charge in [-0.05, 0) is 23.8 Å². The summed E-state index contributed by atoms with van der Waals surface area (Å²) in [7, 11) is 0. The Bertz CT molecular complexity index is 869. The van der Waals surface area contributed by atoms with E-state index in [-0.39, 0.29) is 12.3 Å². The predicted octanol–water partition coefficient (Wildman–Crippen LogP) is 4.13. The Labute approximate surface area is 160 Å². The minimum atomic E-state index is -1.01. The normalized spacial score (nSPS) is 18.8. The van der Waals surface area contributed by atoms with E-state index in [9.17, 15) is 14.7 Å². The molecule has 0 aromatic heterocycles. The summed E-state index contributed by atoms with van der Waals surface area (Å²) >= 11 is 12.3. The standard InChI is InChI=1S/C19H16Cl2N2O3/c20-12-8-13(21)18-14(9-12)22-16(19(25)26)10-15(18)23-17(24)7-6-11-4-2-1-3-5-11/h1-9,15-16,22H,10H2,(H,23,24)(H,25,26)/t15-,16+/m1/s1. The van der Waals surface area contributed by atoms with Crippen molar-refractivity contribution in [2.45, 2.75) is 18.5 Å². The third-order valence-electron chi connectivity index (χ3n) is 4.09. The van der Waals surface area contributed by atoms with Gasteiger partial charge in [0, 0.05) is 33.8 Å². The predicted molar refractivity (Wildman–Crippen MR) is 102 cm³/mol. The first-order chi connectivity index (χ1) is 12.4. The van der Waals surface area contributed by atoms with Crippen LogP contribution in [0.25, 0.3) is 6.08 Å². The molecule has 1 amide bonds. The van der Waals surface area contributed by atoms with E-state index < -0.39 is 18.1 Å². The number of benzene rings is 2. The molecule has 1 aliphatic rings. The summed E-state index contributed by atoms with van der Waals surface area (Å²) in [4.78, 5) is 23.7. The molecule has 1 heterocycles. The second-order valence-corrected chi connectivity index (χ2v) is 6.77. The third kappa shape index (κ3) is 4.18. The summed E-state index contributed by atoms with van der Waals surface area (Å²) in [6, 6.07) is 11.2. The highest BCUT2D eigenvalue weighted by atomic mass is 35.5. The molecule has 0 saturated carbocycles. The summed E-state index contributed by atoms with van der Waals surface area (Å²) < 4.78 is 0. The first-order valence-electron chi connectivity index (χ1n) is 7.96. The van der Waals surface area contributed by atoms with Crippen molar-refractivity contribution >= 4 is 46.8 Å². The van der Waals surface area contributed by atoms with E-state index in [0.29, 0.717) is 21.3 Å².